The van der Waals surface area contributed by atoms with E-state index in [9.17, 15) is 5.11 Å². The molecule has 2 heteroatoms. The van der Waals surface area contributed by atoms with Gasteiger partial charge in [-0.2, -0.15) is 0 Å². The normalized spacial score (nSPS) is 25.8. The van der Waals surface area contributed by atoms with Crippen LogP contribution in [0, 0.1) is 5.92 Å². The molecular formula is C16H25NO. The Labute approximate surface area is 111 Å². The Morgan fingerprint density at radius 2 is 1.67 bits per heavy atom. The molecule has 1 aromatic rings. The fourth-order valence-corrected chi connectivity index (χ4v) is 2.83. The largest absolute Gasteiger partial charge is 0.389 e. The standard InChI is InChI=1S/C16H25NO/c1-12-4-8-15(9-5-12)17(3)16-10-6-14(7-11-16)13(2)18/h6-7,10-13,15,18H,4-5,8-9H2,1-3H3/t12?,13-,15?/m0/s1. The number of hydrogen-bond acceptors (Lipinski definition) is 2. The number of aliphatic hydroxyl groups excluding tert-OH is 1. The minimum atomic E-state index is -0.375. The van der Waals surface area contributed by atoms with Gasteiger partial charge in [0.15, 0.2) is 0 Å². The highest BCUT2D eigenvalue weighted by Crippen LogP contribution is 2.29. The van der Waals surface area contributed by atoms with Crippen LogP contribution >= 0.6 is 0 Å². The Bertz CT molecular complexity index is 363. The molecule has 1 aliphatic carbocycles. The van der Waals surface area contributed by atoms with Crippen LogP contribution in [0.5, 0.6) is 0 Å². The molecule has 0 radical (unpaired) electrons. The summed E-state index contributed by atoms with van der Waals surface area (Å²) in [5.74, 6) is 0.896. The van der Waals surface area contributed by atoms with Gasteiger partial charge in [0, 0.05) is 18.8 Å². The van der Waals surface area contributed by atoms with E-state index in [1.54, 1.807) is 6.92 Å². The van der Waals surface area contributed by atoms with Gasteiger partial charge in [-0.1, -0.05) is 19.1 Å². The molecule has 18 heavy (non-hydrogen) atoms. The number of benzene rings is 1. The third-order valence-corrected chi connectivity index (χ3v) is 4.32. The molecule has 0 unspecified atom stereocenters. The third-order valence-electron chi connectivity index (χ3n) is 4.32. The van der Waals surface area contributed by atoms with E-state index >= 15 is 0 Å². The van der Waals surface area contributed by atoms with E-state index in [0.29, 0.717) is 6.04 Å². The first-order valence-electron chi connectivity index (χ1n) is 7.08. The van der Waals surface area contributed by atoms with Crippen molar-refractivity contribution in [2.24, 2.45) is 5.92 Å². The summed E-state index contributed by atoms with van der Waals surface area (Å²) in [5, 5.41) is 9.52. The van der Waals surface area contributed by atoms with Crippen molar-refractivity contribution in [3.63, 3.8) is 0 Å². The van der Waals surface area contributed by atoms with Crippen LogP contribution in [0.3, 0.4) is 0 Å². The average Bonchev–Trinajstić information content (AvgIpc) is 2.39. The van der Waals surface area contributed by atoms with Gasteiger partial charge in [-0.3, -0.25) is 0 Å². The van der Waals surface area contributed by atoms with Crippen LogP contribution in [-0.4, -0.2) is 18.2 Å². The van der Waals surface area contributed by atoms with Gasteiger partial charge in [0.05, 0.1) is 6.10 Å². The zero-order chi connectivity index (χ0) is 13.1. The summed E-state index contributed by atoms with van der Waals surface area (Å²) < 4.78 is 0. The topological polar surface area (TPSA) is 23.5 Å². The van der Waals surface area contributed by atoms with Gasteiger partial charge in [0.1, 0.15) is 0 Å². The second-order valence-corrected chi connectivity index (χ2v) is 5.79. The van der Waals surface area contributed by atoms with Crippen LogP contribution in [0.2, 0.25) is 0 Å². The highest BCUT2D eigenvalue weighted by atomic mass is 16.3. The molecule has 0 amide bonds. The highest BCUT2D eigenvalue weighted by Gasteiger charge is 2.21. The van der Waals surface area contributed by atoms with Crippen LogP contribution in [0.4, 0.5) is 5.69 Å². The van der Waals surface area contributed by atoms with E-state index in [1.807, 2.05) is 12.1 Å². The second-order valence-electron chi connectivity index (χ2n) is 5.79. The molecule has 1 aliphatic rings. The zero-order valence-electron chi connectivity index (χ0n) is 11.8. The molecule has 0 saturated heterocycles. The Morgan fingerprint density at radius 1 is 1.11 bits per heavy atom. The first kappa shape index (κ1) is 13.4. The van der Waals surface area contributed by atoms with E-state index in [4.69, 9.17) is 0 Å². The Kier molecular flexibility index (Phi) is 4.28. The van der Waals surface area contributed by atoms with Crippen molar-refractivity contribution in [1.82, 2.24) is 0 Å². The summed E-state index contributed by atoms with van der Waals surface area (Å²) >= 11 is 0. The van der Waals surface area contributed by atoms with Crippen molar-refractivity contribution in [1.29, 1.82) is 0 Å². The first-order chi connectivity index (χ1) is 8.58. The molecule has 1 N–H and O–H groups in total. The van der Waals surface area contributed by atoms with Gasteiger partial charge in [-0.15, -0.1) is 0 Å². The zero-order valence-corrected chi connectivity index (χ0v) is 11.8. The fourth-order valence-electron chi connectivity index (χ4n) is 2.83. The monoisotopic (exact) mass is 247 g/mol. The molecule has 2 rings (SSSR count). The van der Waals surface area contributed by atoms with Gasteiger partial charge < -0.3 is 10.0 Å². The van der Waals surface area contributed by atoms with Crippen molar-refractivity contribution in [2.45, 2.75) is 51.7 Å². The quantitative estimate of drug-likeness (QED) is 0.879. The van der Waals surface area contributed by atoms with Crippen molar-refractivity contribution in [2.75, 3.05) is 11.9 Å². The molecule has 0 spiro atoms. The summed E-state index contributed by atoms with van der Waals surface area (Å²) in [7, 11) is 2.19. The maximum atomic E-state index is 9.52. The minimum absolute atomic E-state index is 0.375. The van der Waals surface area contributed by atoms with Crippen molar-refractivity contribution in [3.8, 4) is 0 Å². The van der Waals surface area contributed by atoms with E-state index in [-0.39, 0.29) is 6.10 Å². The summed E-state index contributed by atoms with van der Waals surface area (Å²) in [6, 6.07) is 8.99. The predicted molar refractivity (Wildman–Crippen MR) is 76.9 cm³/mol. The van der Waals surface area contributed by atoms with Crippen LogP contribution in [-0.2, 0) is 0 Å². The number of aliphatic hydroxyl groups is 1. The molecule has 100 valence electrons. The third kappa shape index (κ3) is 3.05. The van der Waals surface area contributed by atoms with Crippen molar-refractivity contribution in [3.05, 3.63) is 29.8 Å². The van der Waals surface area contributed by atoms with Crippen molar-refractivity contribution < 1.29 is 5.11 Å². The van der Waals surface area contributed by atoms with Gasteiger partial charge in [-0.25, -0.2) is 0 Å². The molecule has 1 saturated carbocycles. The summed E-state index contributed by atoms with van der Waals surface area (Å²) in [6.07, 6.45) is 4.92. The average molecular weight is 247 g/mol. The molecular weight excluding hydrogens is 222 g/mol. The molecule has 0 aromatic heterocycles. The summed E-state index contributed by atoms with van der Waals surface area (Å²) in [4.78, 5) is 2.40. The lowest BCUT2D eigenvalue weighted by atomic mass is 9.86. The number of hydrogen-bond donors (Lipinski definition) is 1. The molecule has 2 nitrogen and oxygen atoms in total. The van der Waals surface area contributed by atoms with Gasteiger partial charge in [0.2, 0.25) is 0 Å². The lowest BCUT2D eigenvalue weighted by Gasteiger charge is -2.35. The Balaban J connectivity index is 2.02. The highest BCUT2D eigenvalue weighted by molar-refractivity contribution is 5.48. The molecule has 0 aliphatic heterocycles. The fraction of sp³-hybridized carbons (Fsp3) is 0.625. The maximum absolute atomic E-state index is 9.52. The molecule has 1 fully saturated rings. The van der Waals surface area contributed by atoms with E-state index in [0.717, 1.165) is 11.5 Å². The minimum Gasteiger partial charge on any atom is -0.389 e. The van der Waals surface area contributed by atoms with E-state index in [1.165, 1.54) is 31.4 Å². The van der Waals surface area contributed by atoms with Crippen LogP contribution in [0.1, 0.15) is 51.2 Å². The number of rotatable bonds is 3. The van der Waals surface area contributed by atoms with Crippen LogP contribution in [0.15, 0.2) is 24.3 Å². The second kappa shape index (κ2) is 5.75. The molecule has 0 heterocycles. The molecule has 0 bridgehead atoms. The molecule has 1 aromatic carbocycles. The molecule has 1 atom stereocenters. The lowest BCUT2D eigenvalue weighted by molar-refractivity contribution is 0.199. The maximum Gasteiger partial charge on any atom is 0.0761 e. The first-order valence-corrected chi connectivity index (χ1v) is 7.08. The van der Waals surface area contributed by atoms with Gasteiger partial charge >= 0.3 is 0 Å². The van der Waals surface area contributed by atoms with Crippen molar-refractivity contribution >= 4 is 5.69 Å². The lowest BCUT2D eigenvalue weighted by Crippen LogP contribution is -2.34. The SMILES string of the molecule is CC1CCC(N(C)c2ccc([C@H](C)O)cc2)CC1. The Hall–Kier alpha value is -1.02. The van der Waals surface area contributed by atoms with Gasteiger partial charge in [0.25, 0.3) is 0 Å². The summed E-state index contributed by atoms with van der Waals surface area (Å²) in [6.45, 7) is 4.16. The van der Waals surface area contributed by atoms with Crippen LogP contribution < -0.4 is 4.90 Å². The summed E-state index contributed by atoms with van der Waals surface area (Å²) in [5.41, 5.74) is 2.25. The van der Waals surface area contributed by atoms with Gasteiger partial charge in [-0.05, 0) is 56.2 Å². The number of nitrogens with zero attached hydrogens (tertiary/aromatic N) is 1. The predicted octanol–water partition coefficient (Wildman–Crippen LogP) is 3.75. The van der Waals surface area contributed by atoms with E-state index in [2.05, 4.69) is 31.0 Å². The van der Waals surface area contributed by atoms with Crippen LogP contribution in [0.25, 0.3) is 0 Å². The smallest absolute Gasteiger partial charge is 0.0761 e. The number of anilines is 1. The Morgan fingerprint density at radius 3 is 2.17 bits per heavy atom. The van der Waals surface area contributed by atoms with E-state index < -0.39 is 0 Å².